The Labute approximate surface area is 164 Å². The van der Waals surface area contributed by atoms with Crippen molar-refractivity contribution in [2.45, 2.75) is 64.4 Å². The van der Waals surface area contributed by atoms with Gasteiger partial charge in [0.2, 0.25) is 0 Å². The standard InChI is InChI=1S/C18H35N3O2.HI/c1-2-19-18(20-11-13-22-15-16-9-10-16)21-12-14-23-17-7-5-3-4-6-8-17;/h16-17H,2-15H2,1H3,(H2,19,20,21);1H. The number of ether oxygens (including phenoxy) is 2. The van der Waals surface area contributed by atoms with Crippen LogP contribution in [0.2, 0.25) is 0 Å². The maximum atomic E-state index is 5.98. The highest BCUT2D eigenvalue weighted by Crippen LogP contribution is 2.28. The van der Waals surface area contributed by atoms with Gasteiger partial charge in [-0.15, -0.1) is 24.0 Å². The average molecular weight is 453 g/mol. The van der Waals surface area contributed by atoms with Crippen molar-refractivity contribution in [1.29, 1.82) is 0 Å². The zero-order chi connectivity index (χ0) is 16.2. The van der Waals surface area contributed by atoms with E-state index in [4.69, 9.17) is 9.47 Å². The predicted molar refractivity (Wildman–Crippen MR) is 110 cm³/mol. The van der Waals surface area contributed by atoms with Crippen LogP contribution in [0.25, 0.3) is 0 Å². The summed E-state index contributed by atoms with van der Waals surface area (Å²) in [5.74, 6) is 1.70. The van der Waals surface area contributed by atoms with Gasteiger partial charge in [0.25, 0.3) is 0 Å². The summed E-state index contributed by atoms with van der Waals surface area (Å²) in [4.78, 5) is 4.58. The van der Waals surface area contributed by atoms with Crippen molar-refractivity contribution in [3.63, 3.8) is 0 Å². The van der Waals surface area contributed by atoms with Crippen LogP contribution < -0.4 is 10.6 Å². The minimum absolute atomic E-state index is 0. The zero-order valence-corrected chi connectivity index (χ0v) is 17.6. The van der Waals surface area contributed by atoms with Crippen molar-refractivity contribution in [3.8, 4) is 0 Å². The van der Waals surface area contributed by atoms with Crippen molar-refractivity contribution in [3.05, 3.63) is 0 Å². The lowest BCUT2D eigenvalue weighted by Gasteiger charge is -2.15. The quantitative estimate of drug-likeness (QED) is 0.175. The minimum Gasteiger partial charge on any atom is -0.379 e. The fourth-order valence-corrected chi connectivity index (χ4v) is 2.90. The second kappa shape index (κ2) is 14.1. The molecule has 2 N–H and O–H groups in total. The molecule has 2 saturated carbocycles. The Morgan fingerprint density at radius 3 is 2.42 bits per heavy atom. The first kappa shape index (κ1) is 22.0. The van der Waals surface area contributed by atoms with Gasteiger partial charge >= 0.3 is 0 Å². The van der Waals surface area contributed by atoms with Crippen LogP contribution in [-0.2, 0) is 9.47 Å². The Morgan fingerprint density at radius 2 is 1.75 bits per heavy atom. The summed E-state index contributed by atoms with van der Waals surface area (Å²) in [5.41, 5.74) is 0. The van der Waals surface area contributed by atoms with Gasteiger partial charge in [0, 0.05) is 19.7 Å². The number of rotatable bonds is 10. The van der Waals surface area contributed by atoms with Gasteiger partial charge in [0.15, 0.2) is 5.96 Å². The lowest BCUT2D eigenvalue weighted by Crippen LogP contribution is -2.39. The Bertz CT molecular complexity index is 330. The van der Waals surface area contributed by atoms with E-state index in [1.807, 2.05) is 0 Å². The Kier molecular flexibility index (Phi) is 12.9. The van der Waals surface area contributed by atoms with Crippen molar-refractivity contribution in [2.75, 3.05) is 39.5 Å². The third-order valence-electron chi connectivity index (χ3n) is 4.45. The van der Waals surface area contributed by atoms with E-state index in [9.17, 15) is 0 Å². The van der Waals surface area contributed by atoms with E-state index in [0.29, 0.717) is 6.10 Å². The summed E-state index contributed by atoms with van der Waals surface area (Å²) < 4.78 is 11.6. The second-order valence-electron chi connectivity index (χ2n) is 6.69. The highest BCUT2D eigenvalue weighted by atomic mass is 127. The largest absolute Gasteiger partial charge is 0.379 e. The molecule has 0 aromatic carbocycles. The van der Waals surface area contributed by atoms with Crippen LogP contribution in [-0.4, -0.2) is 51.5 Å². The molecular formula is C18H36IN3O2. The topological polar surface area (TPSA) is 54.9 Å². The van der Waals surface area contributed by atoms with Crippen LogP contribution in [0, 0.1) is 5.92 Å². The van der Waals surface area contributed by atoms with E-state index in [1.54, 1.807) is 0 Å². The van der Waals surface area contributed by atoms with Gasteiger partial charge in [-0.25, -0.2) is 0 Å². The third-order valence-corrected chi connectivity index (χ3v) is 4.45. The first-order chi connectivity index (χ1) is 11.4. The molecule has 24 heavy (non-hydrogen) atoms. The van der Waals surface area contributed by atoms with Gasteiger partial charge < -0.3 is 20.1 Å². The number of halogens is 1. The first-order valence-corrected chi connectivity index (χ1v) is 9.60. The monoisotopic (exact) mass is 453 g/mol. The summed E-state index contributed by atoms with van der Waals surface area (Å²) in [5, 5.41) is 6.59. The Hall–Kier alpha value is -0.0800. The lowest BCUT2D eigenvalue weighted by atomic mass is 10.1. The second-order valence-corrected chi connectivity index (χ2v) is 6.69. The van der Waals surface area contributed by atoms with E-state index < -0.39 is 0 Å². The molecule has 2 fully saturated rings. The van der Waals surface area contributed by atoms with E-state index >= 15 is 0 Å². The van der Waals surface area contributed by atoms with Gasteiger partial charge in [0.1, 0.15) is 0 Å². The SMILES string of the molecule is CCNC(=NCCOC1CCCCCC1)NCCOCC1CC1.I. The van der Waals surface area contributed by atoms with E-state index in [2.05, 4.69) is 22.5 Å². The number of guanidine groups is 1. The molecule has 6 heteroatoms. The van der Waals surface area contributed by atoms with Crippen LogP contribution in [0.15, 0.2) is 4.99 Å². The lowest BCUT2D eigenvalue weighted by molar-refractivity contribution is 0.0487. The molecule has 0 radical (unpaired) electrons. The van der Waals surface area contributed by atoms with E-state index in [1.165, 1.54) is 51.4 Å². The molecule has 5 nitrogen and oxygen atoms in total. The summed E-state index contributed by atoms with van der Waals surface area (Å²) in [6.07, 6.45) is 11.0. The van der Waals surface area contributed by atoms with Gasteiger partial charge in [-0.2, -0.15) is 0 Å². The summed E-state index contributed by atoms with van der Waals surface area (Å²) in [6.45, 7) is 6.88. The molecule has 0 aliphatic heterocycles. The fraction of sp³-hybridized carbons (Fsp3) is 0.944. The van der Waals surface area contributed by atoms with Gasteiger partial charge in [-0.3, -0.25) is 4.99 Å². The number of hydrogen-bond acceptors (Lipinski definition) is 3. The maximum Gasteiger partial charge on any atom is 0.191 e. The van der Waals surface area contributed by atoms with Crippen LogP contribution in [0.1, 0.15) is 58.3 Å². The molecule has 0 atom stereocenters. The predicted octanol–water partition coefficient (Wildman–Crippen LogP) is 3.33. The smallest absolute Gasteiger partial charge is 0.191 e. The molecule has 0 aromatic rings. The van der Waals surface area contributed by atoms with Crippen LogP contribution in [0.3, 0.4) is 0 Å². The van der Waals surface area contributed by atoms with Crippen molar-refractivity contribution in [2.24, 2.45) is 10.9 Å². The van der Waals surface area contributed by atoms with Crippen LogP contribution in [0.5, 0.6) is 0 Å². The molecule has 2 aliphatic rings. The number of nitrogens with zero attached hydrogens (tertiary/aromatic N) is 1. The normalized spacial score (nSPS) is 19.5. The number of aliphatic imine (C=N–C) groups is 1. The third kappa shape index (κ3) is 10.7. The fourth-order valence-electron chi connectivity index (χ4n) is 2.90. The average Bonchev–Trinajstić information content (AvgIpc) is 3.38. The van der Waals surface area contributed by atoms with Crippen molar-refractivity contribution >= 4 is 29.9 Å². The Balaban J connectivity index is 0.00000288. The van der Waals surface area contributed by atoms with Gasteiger partial charge in [0.05, 0.1) is 25.9 Å². The molecule has 0 spiro atoms. The summed E-state index contributed by atoms with van der Waals surface area (Å²) in [7, 11) is 0. The molecule has 0 amide bonds. The molecular weight excluding hydrogens is 417 g/mol. The highest BCUT2D eigenvalue weighted by molar-refractivity contribution is 14.0. The van der Waals surface area contributed by atoms with Gasteiger partial charge in [-0.1, -0.05) is 25.7 Å². The molecule has 0 saturated heterocycles. The molecule has 2 rings (SSSR count). The zero-order valence-electron chi connectivity index (χ0n) is 15.2. The molecule has 0 unspecified atom stereocenters. The first-order valence-electron chi connectivity index (χ1n) is 9.60. The maximum absolute atomic E-state index is 5.98. The number of hydrogen-bond donors (Lipinski definition) is 2. The summed E-state index contributed by atoms with van der Waals surface area (Å²) >= 11 is 0. The highest BCUT2D eigenvalue weighted by Gasteiger charge is 2.20. The minimum atomic E-state index is 0. The van der Waals surface area contributed by atoms with Crippen molar-refractivity contribution in [1.82, 2.24) is 10.6 Å². The molecule has 0 bridgehead atoms. The van der Waals surface area contributed by atoms with Gasteiger partial charge in [-0.05, 0) is 38.5 Å². The molecule has 2 aliphatic carbocycles. The molecule has 0 aromatic heterocycles. The molecule has 142 valence electrons. The number of nitrogens with one attached hydrogen (secondary N) is 2. The molecule has 0 heterocycles. The van der Waals surface area contributed by atoms with Crippen LogP contribution in [0.4, 0.5) is 0 Å². The van der Waals surface area contributed by atoms with Crippen molar-refractivity contribution < 1.29 is 9.47 Å². The van der Waals surface area contributed by atoms with Crippen LogP contribution >= 0.6 is 24.0 Å². The summed E-state index contributed by atoms with van der Waals surface area (Å²) in [6, 6.07) is 0. The van der Waals surface area contributed by atoms with E-state index in [-0.39, 0.29) is 24.0 Å². The van der Waals surface area contributed by atoms with E-state index in [0.717, 1.165) is 51.3 Å². The Morgan fingerprint density at radius 1 is 1.00 bits per heavy atom.